The zero-order valence-corrected chi connectivity index (χ0v) is 20.7. The van der Waals surface area contributed by atoms with E-state index in [4.69, 9.17) is 21.6 Å². The van der Waals surface area contributed by atoms with E-state index < -0.39 is 10.8 Å². The second-order valence-electron chi connectivity index (χ2n) is 10.1. The first-order valence-corrected chi connectivity index (χ1v) is 13.9. The average molecular weight is 504 g/mol. The fourth-order valence-corrected chi connectivity index (χ4v) is 7.20. The van der Waals surface area contributed by atoms with Crippen molar-refractivity contribution in [3.05, 3.63) is 23.1 Å². The molecule has 6 rings (SSSR count). The van der Waals surface area contributed by atoms with Gasteiger partial charge in [-0.3, -0.25) is 4.21 Å². The molecule has 2 saturated heterocycles. The Morgan fingerprint density at radius 2 is 1.71 bits per heavy atom. The van der Waals surface area contributed by atoms with Gasteiger partial charge in [0.1, 0.15) is 10.7 Å². The monoisotopic (exact) mass is 503 g/mol. The number of hydrogen-bond acceptors (Lipinski definition) is 9. The predicted molar refractivity (Wildman–Crippen MR) is 132 cm³/mol. The van der Waals surface area contributed by atoms with Crippen LogP contribution < -0.4 is 15.1 Å². The summed E-state index contributed by atoms with van der Waals surface area (Å²) >= 11 is 5.94. The van der Waals surface area contributed by atoms with Gasteiger partial charge < -0.3 is 20.2 Å². The molecule has 0 amide bonds. The van der Waals surface area contributed by atoms with Gasteiger partial charge in [-0.2, -0.15) is 4.98 Å². The summed E-state index contributed by atoms with van der Waals surface area (Å²) in [6.45, 7) is 3.61. The van der Waals surface area contributed by atoms with E-state index in [2.05, 4.69) is 25.1 Å². The van der Waals surface area contributed by atoms with Crippen molar-refractivity contribution < 1.29 is 9.32 Å². The van der Waals surface area contributed by atoms with Crippen LogP contribution in [0.25, 0.3) is 0 Å². The molecule has 0 bridgehead atoms. The highest BCUT2D eigenvalue weighted by molar-refractivity contribution is 7.85. The summed E-state index contributed by atoms with van der Waals surface area (Å²) in [5, 5.41) is 14.1. The van der Waals surface area contributed by atoms with E-state index >= 15 is 0 Å². The molecule has 3 atom stereocenters. The maximum Gasteiger partial charge on any atom is 0.227 e. The normalized spacial score (nSPS) is 27.6. The molecule has 4 aliphatic rings. The molecule has 182 valence electrons. The molecule has 2 aromatic rings. The molecule has 0 aromatic carbocycles. The molecule has 9 nitrogen and oxygen atoms in total. The Kier molecular flexibility index (Phi) is 5.85. The summed E-state index contributed by atoms with van der Waals surface area (Å²) in [5.74, 6) is 3.74. The number of rotatable bonds is 5. The van der Waals surface area contributed by atoms with Crippen LogP contribution >= 0.6 is 11.6 Å². The quantitative estimate of drug-likeness (QED) is 0.635. The van der Waals surface area contributed by atoms with E-state index in [-0.39, 0.29) is 12.1 Å². The van der Waals surface area contributed by atoms with Crippen molar-refractivity contribution in [2.75, 3.05) is 53.7 Å². The predicted octanol–water partition coefficient (Wildman–Crippen LogP) is 2.26. The van der Waals surface area contributed by atoms with Crippen LogP contribution in [0.3, 0.4) is 0 Å². The molecular weight excluding hydrogens is 474 g/mol. The summed E-state index contributed by atoms with van der Waals surface area (Å²) in [6, 6.07) is 0. The van der Waals surface area contributed by atoms with Crippen LogP contribution in [0.1, 0.15) is 37.8 Å². The van der Waals surface area contributed by atoms with Crippen molar-refractivity contribution in [1.82, 2.24) is 19.9 Å². The number of fused-ring (bicyclic) bond motifs is 2. The highest BCUT2D eigenvalue weighted by Gasteiger charge is 2.43. The van der Waals surface area contributed by atoms with Crippen molar-refractivity contribution in [1.29, 1.82) is 0 Å². The highest BCUT2D eigenvalue weighted by Crippen LogP contribution is 2.39. The number of aliphatic hydroxyl groups is 1. The first-order valence-electron chi connectivity index (χ1n) is 12.2. The lowest BCUT2D eigenvalue weighted by atomic mass is 9.77. The summed E-state index contributed by atoms with van der Waals surface area (Å²) in [4.78, 5) is 23.9. The molecule has 3 aliphatic heterocycles. The maximum absolute atomic E-state index is 13.1. The molecule has 1 saturated carbocycles. The van der Waals surface area contributed by atoms with Gasteiger partial charge in [0.2, 0.25) is 11.9 Å². The lowest BCUT2D eigenvalue weighted by Gasteiger charge is -2.42. The zero-order valence-electron chi connectivity index (χ0n) is 19.1. The van der Waals surface area contributed by atoms with Gasteiger partial charge in [0.05, 0.1) is 46.1 Å². The van der Waals surface area contributed by atoms with Crippen molar-refractivity contribution in [2.24, 2.45) is 11.8 Å². The van der Waals surface area contributed by atoms with Crippen LogP contribution in [-0.2, 0) is 17.2 Å². The number of hydrogen-bond donors (Lipinski definition) is 2. The number of halogens is 1. The summed E-state index contributed by atoms with van der Waals surface area (Å²) in [6.07, 6.45) is 8.92. The molecule has 3 fully saturated rings. The van der Waals surface area contributed by atoms with Gasteiger partial charge in [0, 0.05) is 43.8 Å². The Hall–Kier alpha value is -2.04. The SMILES string of the molecule is O=[S@@]1CCCCc2nc(N3CC4CN(c5ncc(Cl)cn5)CC4C3)nc(NC3(CO)CCC3)c21. The minimum Gasteiger partial charge on any atom is -0.394 e. The Morgan fingerprint density at radius 3 is 2.32 bits per heavy atom. The van der Waals surface area contributed by atoms with E-state index in [1.807, 2.05) is 0 Å². The van der Waals surface area contributed by atoms with Gasteiger partial charge in [-0.25, -0.2) is 15.0 Å². The van der Waals surface area contributed by atoms with Crippen molar-refractivity contribution >= 4 is 40.1 Å². The molecule has 5 heterocycles. The third-order valence-electron chi connectivity index (χ3n) is 7.80. The Morgan fingerprint density at radius 1 is 1.03 bits per heavy atom. The molecular formula is C23H30ClN7O2S. The lowest BCUT2D eigenvalue weighted by Crippen LogP contribution is -2.49. The standard InChI is InChI=1S/C23H30ClN7O2S/c24-17-8-25-21(26-9-17)30-10-15-12-31(13-16(15)11-30)22-27-18-4-1-2-7-34(33)19(18)20(28-22)29-23(14-32)5-3-6-23/h8-9,15-16,32H,1-7,10-14H2,(H,27,28,29)/t15?,16?,34-/m1/s1. The largest absolute Gasteiger partial charge is 0.394 e. The molecule has 11 heteroatoms. The number of aromatic nitrogens is 4. The van der Waals surface area contributed by atoms with Gasteiger partial charge in [0.15, 0.2) is 0 Å². The van der Waals surface area contributed by atoms with Gasteiger partial charge in [-0.15, -0.1) is 0 Å². The van der Waals surface area contributed by atoms with E-state index in [1.54, 1.807) is 12.4 Å². The molecule has 34 heavy (non-hydrogen) atoms. The van der Waals surface area contributed by atoms with E-state index in [9.17, 15) is 9.32 Å². The van der Waals surface area contributed by atoms with Crippen LogP contribution in [0.5, 0.6) is 0 Å². The van der Waals surface area contributed by atoms with Crippen molar-refractivity contribution in [2.45, 2.75) is 49.0 Å². The fourth-order valence-electron chi connectivity index (χ4n) is 5.71. The van der Waals surface area contributed by atoms with E-state index in [0.29, 0.717) is 28.4 Å². The third kappa shape index (κ3) is 4.03. The summed E-state index contributed by atoms with van der Waals surface area (Å²) < 4.78 is 13.1. The topological polar surface area (TPSA) is 107 Å². The minimum absolute atomic E-state index is 0.0597. The van der Waals surface area contributed by atoms with Gasteiger partial charge in [-0.1, -0.05) is 11.6 Å². The first kappa shape index (κ1) is 22.4. The number of nitrogens with zero attached hydrogens (tertiary/aromatic N) is 6. The molecule has 2 unspecified atom stereocenters. The van der Waals surface area contributed by atoms with Crippen LogP contribution in [0.4, 0.5) is 17.7 Å². The average Bonchev–Trinajstić information content (AvgIpc) is 3.33. The minimum atomic E-state index is -1.12. The Balaban J connectivity index is 1.25. The van der Waals surface area contributed by atoms with Gasteiger partial charge in [-0.05, 0) is 38.5 Å². The molecule has 2 aromatic heterocycles. The van der Waals surface area contributed by atoms with E-state index in [1.165, 1.54) is 0 Å². The Labute approximate surface area is 206 Å². The van der Waals surface area contributed by atoms with Crippen LogP contribution in [0, 0.1) is 11.8 Å². The number of anilines is 3. The number of nitrogens with one attached hydrogen (secondary N) is 1. The lowest BCUT2D eigenvalue weighted by molar-refractivity contribution is 0.143. The molecule has 0 radical (unpaired) electrons. The van der Waals surface area contributed by atoms with Gasteiger partial charge in [0.25, 0.3) is 0 Å². The second-order valence-corrected chi connectivity index (χ2v) is 12.0. The summed E-state index contributed by atoms with van der Waals surface area (Å²) in [7, 11) is -1.12. The maximum atomic E-state index is 13.1. The van der Waals surface area contributed by atoms with Gasteiger partial charge >= 0.3 is 0 Å². The van der Waals surface area contributed by atoms with E-state index in [0.717, 1.165) is 87.2 Å². The smallest absolute Gasteiger partial charge is 0.227 e. The third-order valence-corrected chi connectivity index (χ3v) is 9.54. The molecule has 1 aliphatic carbocycles. The second kappa shape index (κ2) is 8.87. The van der Waals surface area contributed by atoms with Crippen LogP contribution in [0.2, 0.25) is 5.02 Å². The Bertz CT molecular complexity index is 1080. The number of aliphatic hydroxyl groups excluding tert-OH is 1. The van der Waals surface area contributed by atoms with Crippen molar-refractivity contribution in [3.8, 4) is 0 Å². The summed E-state index contributed by atoms with van der Waals surface area (Å²) in [5.41, 5.74) is 0.556. The zero-order chi connectivity index (χ0) is 23.3. The van der Waals surface area contributed by atoms with Crippen LogP contribution in [0.15, 0.2) is 17.3 Å². The molecule has 0 spiro atoms. The first-order chi connectivity index (χ1) is 16.5. The van der Waals surface area contributed by atoms with Crippen molar-refractivity contribution in [3.63, 3.8) is 0 Å². The number of aryl methyl sites for hydroxylation is 1. The molecule has 2 N–H and O–H groups in total. The van der Waals surface area contributed by atoms with Crippen LogP contribution in [-0.4, -0.2) is 73.3 Å². The fraction of sp³-hybridized carbons (Fsp3) is 0.652. The highest BCUT2D eigenvalue weighted by atomic mass is 35.5.